The molecule has 1 aromatic carbocycles. The molecule has 0 bridgehead atoms. The molecule has 1 aliphatic rings. The van der Waals surface area contributed by atoms with Crippen molar-refractivity contribution in [2.75, 3.05) is 51.8 Å². The van der Waals surface area contributed by atoms with Gasteiger partial charge in [-0.25, -0.2) is 19.8 Å². The lowest BCUT2D eigenvalue weighted by Crippen LogP contribution is -2.52. The number of carbonyl (C=O) groups is 1. The summed E-state index contributed by atoms with van der Waals surface area (Å²) in [6.07, 6.45) is 3.52. The van der Waals surface area contributed by atoms with Gasteiger partial charge in [0, 0.05) is 45.1 Å². The van der Waals surface area contributed by atoms with Crippen LogP contribution in [-0.2, 0) is 11.3 Å². The van der Waals surface area contributed by atoms with E-state index >= 15 is 0 Å². The first-order chi connectivity index (χ1) is 14.7. The lowest BCUT2D eigenvalue weighted by Gasteiger charge is -2.36. The molecule has 0 unspecified atom stereocenters. The molecule has 0 radical (unpaired) electrons. The predicted molar refractivity (Wildman–Crippen MR) is 130 cm³/mol. The van der Waals surface area contributed by atoms with Gasteiger partial charge in [0.2, 0.25) is 5.95 Å². The Morgan fingerprint density at radius 3 is 2.48 bits per heavy atom. The van der Waals surface area contributed by atoms with E-state index in [2.05, 4.69) is 25.1 Å². The fourth-order valence-corrected chi connectivity index (χ4v) is 3.29. The molecule has 1 aliphatic heterocycles. The molecular formula is C21H29IN6O3. The molecule has 2 heterocycles. The quantitative estimate of drug-likeness (QED) is 0.258. The number of esters is 1. The summed E-state index contributed by atoms with van der Waals surface area (Å²) in [7, 11) is 2.89. The molecule has 0 atom stereocenters. The average Bonchev–Trinajstić information content (AvgIpc) is 2.81. The molecule has 0 amide bonds. The fourth-order valence-electron chi connectivity index (χ4n) is 3.29. The zero-order valence-corrected chi connectivity index (χ0v) is 20.4. The van der Waals surface area contributed by atoms with E-state index < -0.39 is 5.97 Å². The van der Waals surface area contributed by atoms with E-state index in [1.807, 2.05) is 19.1 Å². The van der Waals surface area contributed by atoms with Crippen molar-refractivity contribution in [1.29, 1.82) is 0 Å². The molecule has 10 heteroatoms. The van der Waals surface area contributed by atoms with Crippen molar-refractivity contribution in [1.82, 2.24) is 20.2 Å². The summed E-state index contributed by atoms with van der Waals surface area (Å²) in [4.78, 5) is 29.8. The minimum absolute atomic E-state index is 0. The Balaban J connectivity index is 0.00000341. The summed E-state index contributed by atoms with van der Waals surface area (Å²) in [6.45, 7) is 6.55. The van der Waals surface area contributed by atoms with Crippen LogP contribution in [0.3, 0.4) is 0 Å². The third-order valence-corrected chi connectivity index (χ3v) is 4.83. The first-order valence-electron chi connectivity index (χ1n) is 9.96. The van der Waals surface area contributed by atoms with Gasteiger partial charge < -0.3 is 24.6 Å². The number of methoxy groups -OCH3 is 2. The third-order valence-electron chi connectivity index (χ3n) is 4.83. The molecule has 0 saturated carbocycles. The molecule has 3 rings (SSSR count). The number of rotatable bonds is 6. The first-order valence-corrected chi connectivity index (χ1v) is 9.96. The summed E-state index contributed by atoms with van der Waals surface area (Å²) in [5.41, 5.74) is 1.30. The Labute approximate surface area is 199 Å². The van der Waals surface area contributed by atoms with Crippen LogP contribution in [-0.4, -0.2) is 73.7 Å². The van der Waals surface area contributed by atoms with Crippen LogP contribution in [0.2, 0.25) is 0 Å². The van der Waals surface area contributed by atoms with Crippen LogP contribution in [0.4, 0.5) is 5.95 Å². The van der Waals surface area contributed by atoms with E-state index in [-0.39, 0.29) is 24.0 Å². The molecule has 31 heavy (non-hydrogen) atoms. The van der Waals surface area contributed by atoms with E-state index in [1.165, 1.54) is 14.2 Å². The van der Waals surface area contributed by atoms with Gasteiger partial charge in [0.25, 0.3) is 0 Å². The Bertz CT molecular complexity index is 873. The number of carbonyl (C=O) groups excluding carboxylic acids is 1. The first kappa shape index (κ1) is 24.6. The van der Waals surface area contributed by atoms with E-state index in [0.29, 0.717) is 17.9 Å². The Hall–Kier alpha value is -2.63. The summed E-state index contributed by atoms with van der Waals surface area (Å²) in [5, 5.41) is 3.36. The highest BCUT2D eigenvalue weighted by molar-refractivity contribution is 14.0. The van der Waals surface area contributed by atoms with Crippen molar-refractivity contribution in [3.63, 3.8) is 0 Å². The van der Waals surface area contributed by atoms with Gasteiger partial charge in [0.1, 0.15) is 11.3 Å². The Morgan fingerprint density at radius 2 is 1.87 bits per heavy atom. The maximum absolute atomic E-state index is 12.0. The van der Waals surface area contributed by atoms with Gasteiger partial charge in [0.15, 0.2) is 5.96 Å². The minimum Gasteiger partial charge on any atom is -0.496 e. The van der Waals surface area contributed by atoms with Crippen molar-refractivity contribution in [2.24, 2.45) is 4.99 Å². The Kier molecular flexibility index (Phi) is 9.76. The van der Waals surface area contributed by atoms with Crippen LogP contribution in [0, 0.1) is 0 Å². The second kappa shape index (κ2) is 12.3. The largest absolute Gasteiger partial charge is 0.496 e. The van der Waals surface area contributed by atoms with Crippen LogP contribution in [0.25, 0.3) is 0 Å². The summed E-state index contributed by atoms with van der Waals surface area (Å²) in [5.74, 6) is 1.67. The number of aliphatic imine (C=N–C) groups is 1. The number of guanidine groups is 1. The molecule has 9 nitrogen and oxygen atoms in total. The highest BCUT2D eigenvalue weighted by Crippen LogP contribution is 2.21. The third kappa shape index (κ3) is 6.42. The highest BCUT2D eigenvalue weighted by atomic mass is 127. The molecule has 1 fully saturated rings. The summed E-state index contributed by atoms with van der Waals surface area (Å²) in [6, 6.07) is 7.26. The summed E-state index contributed by atoms with van der Waals surface area (Å²) >= 11 is 0. The fraction of sp³-hybridized carbons (Fsp3) is 0.429. The number of halogens is 1. The second-order valence-electron chi connectivity index (χ2n) is 6.72. The SMILES string of the molecule is CCNC(=NCc1ccc(OC)c(C(=O)OC)c1)N1CCN(c2ncccn2)CC1.I. The maximum Gasteiger partial charge on any atom is 0.341 e. The van der Waals surface area contributed by atoms with Crippen LogP contribution in [0.5, 0.6) is 5.75 Å². The zero-order valence-electron chi connectivity index (χ0n) is 18.1. The standard InChI is InChI=1S/C21H28N6O3.HI/c1-4-22-20(26-10-12-27(13-11-26)21-23-8-5-9-24-21)25-15-16-6-7-18(29-2)17(14-16)19(28)30-3;/h5-9,14H,4,10-13,15H2,1-3H3,(H,22,25);1H. The molecule has 168 valence electrons. The van der Waals surface area contributed by atoms with Gasteiger partial charge in [0.05, 0.1) is 20.8 Å². The van der Waals surface area contributed by atoms with Gasteiger partial charge in [-0.05, 0) is 30.7 Å². The van der Waals surface area contributed by atoms with E-state index in [4.69, 9.17) is 14.5 Å². The zero-order chi connectivity index (χ0) is 21.3. The van der Waals surface area contributed by atoms with Gasteiger partial charge in [-0.3, -0.25) is 0 Å². The number of aromatic nitrogens is 2. The van der Waals surface area contributed by atoms with E-state index in [9.17, 15) is 4.79 Å². The number of piperazine rings is 1. The molecule has 1 N–H and O–H groups in total. The van der Waals surface area contributed by atoms with Crippen molar-refractivity contribution >= 4 is 41.9 Å². The minimum atomic E-state index is -0.427. The highest BCUT2D eigenvalue weighted by Gasteiger charge is 2.21. The molecule has 1 saturated heterocycles. The van der Waals surface area contributed by atoms with E-state index in [1.54, 1.807) is 24.5 Å². The lowest BCUT2D eigenvalue weighted by molar-refractivity contribution is 0.0597. The average molecular weight is 540 g/mol. The maximum atomic E-state index is 12.0. The van der Waals surface area contributed by atoms with Crippen molar-refractivity contribution < 1.29 is 14.3 Å². The van der Waals surface area contributed by atoms with Gasteiger partial charge in [-0.15, -0.1) is 24.0 Å². The van der Waals surface area contributed by atoms with Gasteiger partial charge in [-0.2, -0.15) is 0 Å². The smallest absolute Gasteiger partial charge is 0.341 e. The number of ether oxygens (including phenoxy) is 2. The van der Waals surface area contributed by atoms with Crippen LogP contribution >= 0.6 is 24.0 Å². The topological polar surface area (TPSA) is 92.2 Å². The number of anilines is 1. The number of benzene rings is 1. The lowest BCUT2D eigenvalue weighted by atomic mass is 10.1. The van der Waals surface area contributed by atoms with Crippen LogP contribution in [0.15, 0.2) is 41.7 Å². The van der Waals surface area contributed by atoms with Crippen molar-refractivity contribution in [2.45, 2.75) is 13.5 Å². The van der Waals surface area contributed by atoms with Crippen molar-refractivity contribution in [3.8, 4) is 5.75 Å². The molecule has 0 aliphatic carbocycles. The van der Waals surface area contributed by atoms with Crippen LogP contribution in [0.1, 0.15) is 22.8 Å². The predicted octanol–water partition coefficient (Wildman–Crippen LogP) is 2.18. The van der Waals surface area contributed by atoms with E-state index in [0.717, 1.165) is 50.2 Å². The number of hydrogen-bond donors (Lipinski definition) is 1. The van der Waals surface area contributed by atoms with Gasteiger partial charge >= 0.3 is 5.97 Å². The number of nitrogens with zero attached hydrogens (tertiary/aromatic N) is 5. The Morgan fingerprint density at radius 1 is 1.16 bits per heavy atom. The van der Waals surface area contributed by atoms with Crippen molar-refractivity contribution in [3.05, 3.63) is 47.8 Å². The number of hydrogen-bond acceptors (Lipinski definition) is 7. The molecular weight excluding hydrogens is 511 g/mol. The molecule has 0 spiro atoms. The normalized spacial score (nSPS) is 14.0. The monoisotopic (exact) mass is 540 g/mol. The molecule has 1 aromatic heterocycles. The number of nitrogens with one attached hydrogen (secondary N) is 1. The molecule has 2 aromatic rings. The van der Waals surface area contributed by atoms with Gasteiger partial charge in [-0.1, -0.05) is 6.07 Å². The second-order valence-corrected chi connectivity index (χ2v) is 6.72. The summed E-state index contributed by atoms with van der Waals surface area (Å²) < 4.78 is 10.1. The van der Waals surface area contributed by atoms with Crippen LogP contribution < -0.4 is 15.0 Å².